The van der Waals surface area contributed by atoms with E-state index in [1.54, 1.807) is 0 Å². The van der Waals surface area contributed by atoms with Crippen molar-refractivity contribution in [3.63, 3.8) is 0 Å². The molecule has 0 aliphatic rings. The monoisotopic (exact) mass is 100 g/mol. The van der Waals surface area contributed by atoms with Crippen LogP contribution in [0.1, 0.15) is 6.92 Å². The average molecular weight is 100 g/mol. The molecule has 0 heterocycles. The third-order valence-corrected chi connectivity index (χ3v) is 0.839. The van der Waals surface area contributed by atoms with E-state index in [1.807, 2.05) is 18.1 Å². The average Bonchev–Trinajstić information content (AvgIpc) is 1.68. The molecule has 0 aromatic rings. The highest BCUT2D eigenvalue weighted by molar-refractivity contribution is 4.72. The van der Waals surface area contributed by atoms with Crippen LogP contribution in [0.5, 0.6) is 0 Å². The maximum absolute atomic E-state index is 5.08. The lowest BCUT2D eigenvalue weighted by Gasteiger charge is -2.07. The maximum atomic E-state index is 5.08. The van der Waals surface area contributed by atoms with Crippen LogP contribution in [0.25, 0.3) is 0 Å². The van der Waals surface area contributed by atoms with Gasteiger partial charge in [0, 0.05) is 26.0 Å². The lowest BCUT2D eigenvalue weighted by atomic mass is 10.6. The fraction of sp³-hybridized carbons (Fsp3) is 0.600. The normalized spacial score (nSPS) is 10.0. The zero-order valence-electron chi connectivity index (χ0n) is 4.89. The Bertz CT molecular complexity index is 59.1. The van der Waals surface area contributed by atoms with E-state index in [4.69, 9.17) is 5.73 Å². The smallest absolute Gasteiger partial charge is 0.0145 e. The fourth-order valence-corrected chi connectivity index (χ4v) is 0.252. The van der Waals surface area contributed by atoms with Crippen LogP contribution < -0.4 is 5.73 Å². The maximum Gasteiger partial charge on any atom is 0.0145 e. The minimum Gasteiger partial charge on any atom is -0.403 e. The van der Waals surface area contributed by atoms with Crippen molar-refractivity contribution in [3.05, 3.63) is 12.4 Å². The molecule has 2 N–H and O–H groups in total. The summed E-state index contributed by atoms with van der Waals surface area (Å²) >= 11 is 0. The Balaban J connectivity index is 3.16. The molecule has 0 rings (SSSR count). The van der Waals surface area contributed by atoms with E-state index >= 15 is 0 Å². The molecule has 0 aromatic heterocycles. The summed E-state index contributed by atoms with van der Waals surface area (Å²) in [7, 11) is 1.98. The van der Waals surface area contributed by atoms with Gasteiger partial charge in [-0.3, -0.25) is 0 Å². The van der Waals surface area contributed by atoms with Gasteiger partial charge in [0.1, 0.15) is 0 Å². The number of hydrogen-bond donors (Lipinski definition) is 1. The van der Waals surface area contributed by atoms with Crippen LogP contribution in [0.3, 0.4) is 0 Å². The topological polar surface area (TPSA) is 29.3 Å². The molecule has 0 aliphatic carbocycles. The van der Waals surface area contributed by atoms with Crippen molar-refractivity contribution in [2.45, 2.75) is 6.92 Å². The molecular weight excluding hydrogens is 88.1 g/mol. The van der Waals surface area contributed by atoms with Crippen molar-refractivity contribution >= 4 is 0 Å². The molecule has 0 atom stereocenters. The third kappa shape index (κ3) is 3.16. The Morgan fingerprint density at radius 1 is 1.71 bits per heavy atom. The zero-order valence-corrected chi connectivity index (χ0v) is 4.89. The predicted molar refractivity (Wildman–Crippen MR) is 31.6 cm³/mol. The van der Waals surface area contributed by atoms with Crippen LogP contribution >= 0.6 is 0 Å². The summed E-state index contributed by atoms with van der Waals surface area (Å²) in [5.74, 6) is 0. The quantitative estimate of drug-likeness (QED) is 0.543. The van der Waals surface area contributed by atoms with Crippen LogP contribution in [0, 0.1) is 0 Å². The fourth-order valence-electron chi connectivity index (χ4n) is 0.252. The predicted octanol–water partition coefficient (Wildman–Crippen LogP) is 0.368. The van der Waals surface area contributed by atoms with Crippen molar-refractivity contribution in [1.82, 2.24) is 4.90 Å². The van der Waals surface area contributed by atoms with Crippen molar-refractivity contribution in [2.24, 2.45) is 5.73 Å². The van der Waals surface area contributed by atoms with E-state index in [-0.39, 0.29) is 0 Å². The first-order valence-corrected chi connectivity index (χ1v) is 2.40. The Morgan fingerprint density at radius 3 is 2.43 bits per heavy atom. The van der Waals surface area contributed by atoms with E-state index in [0.29, 0.717) is 0 Å². The van der Waals surface area contributed by atoms with Gasteiger partial charge in [-0.25, -0.2) is 0 Å². The van der Waals surface area contributed by atoms with Gasteiger partial charge in [0.2, 0.25) is 0 Å². The minimum absolute atomic E-state index is 1.01. The van der Waals surface area contributed by atoms with Gasteiger partial charge in [0.15, 0.2) is 0 Å². The lowest BCUT2D eigenvalue weighted by molar-refractivity contribution is 0.483. The first kappa shape index (κ1) is 6.34. The molecule has 0 radical (unpaired) electrons. The van der Waals surface area contributed by atoms with Crippen molar-refractivity contribution in [2.75, 3.05) is 13.6 Å². The van der Waals surface area contributed by atoms with E-state index in [0.717, 1.165) is 6.54 Å². The second-order valence-corrected chi connectivity index (χ2v) is 1.41. The summed E-state index contributed by atoms with van der Waals surface area (Å²) in [4.78, 5) is 2.00. The van der Waals surface area contributed by atoms with Gasteiger partial charge in [0.05, 0.1) is 0 Å². The van der Waals surface area contributed by atoms with Crippen LogP contribution in [0.4, 0.5) is 0 Å². The standard InChI is InChI=1S/C5H12N2/c1-3-7(2)5-4-6/h4-5H,3,6H2,1-2H3. The highest BCUT2D eigenvalue weighted by Gasteiger charge is 1.76. The summed E-state index contributed by atoms with van der Waals surface area (Å²) in [5, 5.41) is 0. The number of nitrogens with two attached hydrogens (primary N) is 1. The molecule has 0 aromatic carbocycles. The molecule has 0 saturated carbocycles. The largest absolute Gasteiger partial charge is 0.403 e. The molecule has 2 heteroatoms. The molecule has 2 nitrogen and oxygen atoms in total. The van der Waals surface area contributed by atoms with Crippen LogP contribution in [-0.4, -0.2) is 18.5 Å². The Labute approximate surface area is 44.6 Å². The van der Waals surface area contributed by atoms with Crippen LogP contribution in [-0.2, 0) is 0 Å². The van der Waals surface area contributed by atoms with Gasteiger partial charge in [-0.15, -0.1) is 0 Å². The SMILES string of the molecule is CCN(C)C=CN. The Hall–Kier alpha value is -0.660. The third-order valence-electron chi connectivity index (χ3n) is 0.839. The zero-order chi connectivity index (χ0) is 5.70. The summed E-state index contributed by atoms with van der Waals surface area (Å²) in [6.07, 6.45) is 3.36. The molecule has 0 amide bonds. The summed E-state index contributed by atoms with van der Waals surface area (Å²) < 4.78 is 0. The van der Waals surface area contributed by atoms with Crippen molar-refractivity contribution < 1.29 is 0 Å². The van der Waals surface area contributed by atoms with Gasteiger partial charge in [-0.05, 0) is 6.92 Å². The van der Waals surface area contributed by atoms with Gasteiger partial charge >= 0.3 is 0 Å². The van der Waals surface area contributed by atoms with Gasteiger partial charge in [-0.1, -0.05) is 0 Å². The summed E-state index contributed by atoms with van der Waals surface area (Å²) in [5.41, 5.74) is 5.08. The molecule has 42 valence electrons. The highest BCUT2D eigenvalue weighted by atomic mass is 15.1. The molecule has 0 spiro atoms. The summed E-state index contributed by atoms with van der Waals surface area (Å²) in [6, 6.07) is 0. The van der Waals surface area contributed by atoms with Gasteiger partial charge < -0.3 is 10.6 Å². The van der Waals surface area contributed by atoms with Crippen LogP contribution in [0.15, 0.2) is 12.4 Å². The molecule has 0 bridgehead atoms. The minimum atomic E-state index is 1.01. The van der Waals surface area contributed by atoms with E-state index in [9.17, 15) is 0 Å². The lowest BCUT2D eigenvalue weighted by Crippen LogP contribution is -2.08. The first-order chi connectivity index (χ1) is 3.31. The molecule has 0 unspecified atom stereocenters. The van der Waals surface area contributed by atoms with E-state index in [1.165, 1.54) is 6.20 Å². The second-order valence-electron chi connectivity index (χ2n) is 1.41. The Kier molecular flexibility index (Phi) is 3.19. The molecular formula is C5H12N2. The van der Waals surface area contributed by atoms with E-state index in [2.05, 4.69) is 6.92 Å². The molecule has 0 saturated heterocycles. The molecule has 7 heavy (non-hydrogen) atoms. The molecule has 0 aliphatic heterocycles. The number of rotatable bonds is 2. The highest BCUT2D eigenvalue weighted by Crippen LogP contribution is 1.76. The Morgan fingerprint density at radius 2 is 2.29 bits per heavy atom. The van der Waals surface area contributed by atoms with Crippen molar-refractivity contribution in [3.8, 4) is 0 Å². The first-order valence-electron chi connectivity index (χ1n) is 2.40. The van der Waals surface area contributed by atoms with Crippen molar-refractivity contribution in [1.29, 1.82) is 0 Å². The molecule has 0 fully saturated rings. The van der Waals surface area contributed by atoms with Crippen LogP contribution in [0.2, 0.25) is 0 Å². The van der Waals surface area contributed by atoms with Gasteiger partial charge in [0.25, 0.3) is 0 Å². The van der Waals surface area contributed by atoms with Gasteiger partial charge in [-0.2, -0.15) is 0 Å². The van der Waals surface area contributed by atoms with E-state index < -0.39 is 0 Å². The summed E-state index contributed by atoms with van der Waals surface area (Å²) in [6.45, 7) is 3.08. The second kappa shape index (κ2) is 3.53. The number of nitrogens with zero attached hydrogens (tertiary/aromatic N) is 1. The number of hydrogen-bond acceptors (Lipinski definition) is 2.